The van der Waals surface area contributed by atoms with Crippen LogP contribution in [0.2, 0.25) is 0 Å². The Morgan fingerprint density at radius 2 is 2.00 bits per heavy atom. The molecular weight excluding hydrogens is 290 g/mol. The first-order valence-corrected chi connectivity index (χ1v) is 6.92. The second-order valence-electron chi connectivity index (χ2n) is 4.37. The summed E-state index contributed by atoms with van der Waals surface area (Å²) in [5.41, 5.74) is 0.589. The van der Waals surface area contributed by atoms with Gasteiger partial charge in [0.25, 0.3) is 0 Å². The summed E-state index contributed by atoms with van der Waals surface area (Å²) < 4.78 is 1.82. The molecule has 2 heterocycles. The van der Waals surface area contributed by atoms with Crippen LogP contribution in [0.25, 0.3) is 10.9 Å². The minimum Gasteiger partial charge on any atom is -0.475 e. The van der Waals surface area contributed by atoms with Crippen LogP contribution >= 0.6 is 11.8 Å². The van der Waals surface area contributed by atoms with Crippen LogP contribution in [0, 0.1) is 6.92 Å². The van der Waals surface area contributed by atoms with Crippen molar-refractivity contribution >= 4 is 28.6 Å². The Morgan fingerprint density at radius 3 is 2.67 bits per heavy atom. The predicted octanol–water partition coefficient (Wildman–Crippen LogP) is 1.92. The highest BCUT2D eigenvalue weighted by atomic mass is 32.2. The van der Waals surface area contributed by atoms with Crippen molar-refractivity contribution in [1.29, 1.82) is 0 Å². The van der Waals surface area contributed by atoms with Gasteiger partial charge in [-0.3, -0.25) is 0 Å². The number of nitrogens with zero attached hydrogens (tertiary/aromatic N) is 5. The largest absolute Gasteiger partial charge is 0.475 e. The lowest BCUT2D eigenvalue weighted by Gasteiger charge is -2.06. The van der Waals surface area contributed by atoms with Crippen molar-refractivity contribution in [1.82, 2.24) is 24.7 Å². The van der Waals surface area contributed by atoms with Gasteiger partial charge >= 0.3 is 5.97 Å². The fourth-order valence-corrected chi connectivity index (χ4v) is 2.72. The molecule has 0 aliphatic rings. The molecule has 7 nitrogen and oxygen atoms in total. The maximum absolute atomic E-state index is 11.2. The van der Waals surface area contributed by atoms with E-state index >= 15 is 0 Å². The summed E-state index contributed by atoms with van der Waals surface area (Å²) in [5, 5.41) is 19.1. The molecule has 2 aromatic heterocycles. The van der Waals surface area contributed by atoms with E-state index < -0.39 is 5.97 Å². The molecule has 0 radical (unpaired) electrons. The molecule has 0 atom stereocenters. The Kier molecular flexibility index (Phi) is 3.30. The summed E-state index contributed by atoms with van der Waals surface area (Å²) in [6.45, 7) is 1.85. The molecule has 0 saturated heterocycles. The van der Waals surface area contributed by atoms with Crippen LogP contribution in [-0.4, -0.2) is 35.8 Å². The van der Waals surface area contributed by atoms with E-state index in [2.05, 4.69) is 20.2 Å². The molecule has 0 aliphatic heterocycles. The van der Waals surface area contributed by atoms with Crippen molar-refractivity contribution in [2.45, 2.75) is 17.1 Å². The second kappa shape index (κ2) is 5.13. The van der Waals surface area contributed by atoms with Crippen molar-refractivity contribution in [3.63, 3.8) is 0 Å². The smallest absolute Gasteiger partial charge is 0.373 e. The number of aromatic nitrogens is 5. The zero-order chi connectivity index (χ0) is 15.0. The SMILES string of the molecule is Cc1nnc(Sc2nc(C(=O)O)nc3ccccc23)n1C. The van der Waals surface area contributed by atoms with Gasteiger partial charge in [-0.1, -0.05) is 18.2 Å². The highest BCUT2D eigenvalue weighted by Crippen LogP contribution is 2.30. The van der Waals surface area contributed by atoms with Crippen molar-refractivity contribution in [2.75, 3.05) is 0 Å². The van der Waals surface area contributed by atoms with E-state index in [4.69, 9.17) is 5.11 Å². The zero-order valence-corrected chi connectivity index (χ0v) is 12.1. The van der Waals surface area contributed by atoms with Crippen LogP contribution in [0.1, 0.15) is 16.4 Å². The van der Waals surface area contributed by atoms with E-state index in [1.165, 1.54) is 11.8 Å². The van der Waals surface area contributed by atoms with Gasteiger partial charge in [-0.05, 0) is 24.8 Å². The first-order valence-electron chi connectivity index (χ1n) is 6.10. The molecule has 3 aromatic rings. The van der Waals surface area contributed by atoms with Crippen LogP contribution in [-0.2, 0) is 7.05 Å². The number of carbonyl (C=O) groups is 1. The molecule has 0 bridgehead atoms. The number of fused-ring (bicyclic) bond motifs is 1. The molecule has 0 spiro atoms. The van der Waals surface area contributed by atoms with E-state index in [-0.39, 0.29) is 5.82 Å². The standard InChI is InChI=1S/C13H11N5O2S/c1-7-16-17-13(18(7)2)21-11-8-5-3-4-6-9(8)14-10(15-11)12(19)20/h3-6H,1-2H3,(H,19,20). The molecule has 0 fully saturated rings. The number of hydrogen-bond donors (Lipinski definition) is 1. The Morgan fingerprint density at radius 1 is 1.24 bits per heavy atom. The highest BCUT2D eigenvalue weighted by Gasteiger charge is 2.16. The van der Waals surface area contributed by atoms with Gasteiger partial charge in [0.2, 0.25) is 5.82 Å². The normalized spacial score (nSPS) is 11.0. The summed E-state index contributed by atoms with van der Waals surface area (Å²) in [4.78, 5) is 19.3. The van der Waals surface area contributed by atoms with Gasteiger partial charge in [-0.15, -0.1) is 10.2 Å². The van der Waals surface area contributed by atoms with E-state index in [1.807, 2.05) is 36.7 Å². The van der Waals surface area contributed by atoms with Crippen LogP contribution in [0.4, 0.5) is 0 Å². The Hall–Kier alpha value is -2.48. The predicted molar refractivity (Wildman–Crippen MR) is 76.4 cm³/mol. The molecule has 1 N–H and O–H groups in total. The van der Waals surface area contributed by atoms with Gasteiger partial charge in [-0.2, -0.15) is 0 Å². The third-order valence-corrected chi connectivity index (χ3v) is 4.04. The molecule has 0 saturated carbocycles. The molecule has 3 rings (SSSR count). The molecule has 0 unspecified atom stereocenters. The highest BCUT2D eigenvalue weighted by molar-refractivity contribution is 7.99. The van der Waals surface area contributed by atoms with Crippen LogP contribution in [0.3, 0.4) is 0 Å². The second-order valence-corrected chi connectivity index (χ2v) is 5.32. The van der Waals surface area contributed by atoms with Crippen molar-refractivity contribution in [3.8, 4) is 0 Å². The number of carboxylic acid groups (broad SMARTS) is 1. The first-order chi connectivity index (χ1) is 10.1. The fourth-order valence-electron chi connectivity index (χ4n) is 1.78. The number of rotatable bonds is 3. The molecule has 0 amide bonds. The molecule has 8 heteroatoms. The van der Waals surface area contributed by atoms with Gasteiger partial charge in [0.05, 0.1) is 5.52 Å². The number of benzene rings is 1. The van der Waals surface area contributed by atoms with Gasteiger partial charge in [-0.25, -0.2) is 14.8 Å². The number of aryl methyl sites for hydroxylation is 1. The Labute approximate surface area is 124 Å². The van der Waals surface area contributed by atoms with Crippen molar-refractivity contribution < 1.29 is 9.90 Å². The summed E-state index contributed by atoms with van der Waals surface area (Å²) in [7, 11) is 1.85. The number of aromatic carboxylic acids is 1. The average Bonchev–Trinajstić information content (AvgIpc) is 2.79. The Bertz CT molecular complexity index is 846. The average molecular weight is 301 g/mol. The third-order valence-electron chi connectivity index (χ3n) is 3.00. The summed E-state index contributed by atoms with van der Waals surface area (Å²) in [6, 6.07) is 7.28. The van der Waals surface area contributed by atoms with Crippen molar-refractivity contribution in [2.24, 2.45) is 7.05 Å². The van der Waals surface area contributed by atoms with Crippen LogP contribution in [0.15, 0.2) is 34.4 Å². The maximum atomic E-state index is 11.2. The first kappa shape index (κ1) is 13.5. The lowest BCUT2D eigenvalue weighted by Crippen LogP contribution is -2.05. The maximum Gasteiger partial charge on any atom is 0.373 e. The van der Waals surface area contributed by atoms with E-state index in [1.54, 1.807) is 6.07 Å². The topological polar surface area (TPSA) is 93.8 Å². The molecular formula is C13H11N5O2S. The summed E-state index contributed by atoms with van der Waals surface area (Å²) in [6.07, 6.45) is 0. The number of para-hydroxylation sites is 1. The van der Waals surface area contributed by atoms with E-state index in [9.17, 15) is 4.79 Å². The molecule has 106 valence electrons. The van der Waals surface area contributed by atoms with Crippen LogP contribution < -0.4 is 0 Å². The molecule has 21 heavy (non-hydrogen) atoms. The van der Waals surface area contributed by atoms with E-state index in [0.717, 1.165) is 11.2 Å². The van der Waals surface area contributed by atoms with Crippen LogP contribution in [0.5, 0.6) is 0 Å². The quantitative estimate of drug-likeness (QED) is 0.738. The minimum absolute atomic E-state index is 0.227. The zero-order valence-electron chi connectivity index (χ0n) is 11.3. The lowest BCUT2D eigenvalue weighted by atomic mass is 10.2. The third kappa shape index (κ3) is 2.45. The summed E-state index contributed by atoms with van der Waals surface area (Å²) >= 11 is 1.27. The summed E-state index contributed by atoms with van der Waals surface area (Å²) in [5.74, 6) is -0.610. The van der Waals surface area contributed by atoms with E-state index in [0.29, 0.717) is 15.7 Å². The monoisotopic (exact) mass is 301 g/mol. The van der Waals surface area contributed by atoms with Gasteiger partial charge in [0.1, 0.15) is 10.9 Å². The van der Waals surface area contributed by atoms with Gasteiger partial charge in [0.15, 0.2) is 5.16 Å². The van der Waals surface area contributed by atoms with Gasteiger partial charge in [0, 0.05) is 12.4 Å². The number of hydrogen-bond acceptors (Lipinski definition) is 6. The van der Waals surface area contributed by atoms with Gasteiger partial charge < -0.3 is 9.67 Å². The molecule has 0 aliphatic carbocycles. The minimum atomic E-state index is -1.16. The molecule has 1 aromatic carbocycles. The Balaban J connectivity index is 2.16. The number of carboxylic acids is 1. The lowest BCUT2D eigenvalue weighted by molar-refractivity contribution is 0.0683. The van der Waals surface area contributed by atoms with Crippen molar-refractivity contribution in [3.05, 3.63) is 35.9 Å². The fraction of sp³-hybridized carbons (Fsp3) is 0.154.